The number of aromatic nitrogens is 2. The molecule has 1 heterocycles. The number of nitrogens with two attached hydrogens (primary N) is 1. The second-order valence-corrected chi connectivity index (χ2v) is 3.93. The molecule has 1 aromatic heterocycles. The van der Waals surface area contributed by atoms with Crippen molar-refractivity contribution in [3.63, 3.8) is 0 Å². The van der Waals surface area contributed by atoms with E-state index in [-0.39, 0.29) is 11.9 Å². The minimum atomic E-state index is -0.273. The fourth-order valence-corrected chi connectivity index (χ4v) is 1.65. The smallest absolute Gasteiger partial charge is 0.147 e. The maximum Gasteiger partial charge on any atom is 0.147 e. The molecule has 0 fully saturated rings. The van der Waals surface area contributed by atoms with Crippen molar-refractivity contribution in [2.45, 2.75) is 19.9 Å². The van der Waals surface area contributed by atoms with Crippen molar-refractivity contribution in [3.8, 4) is 5.69 Å². The highest BCUT2D eigenvalue weighted by Crippen LogP contribution is 2.19. The van der Waals surface area contributed by atoms with Crippen LogP contribution in [0.5, 0.6) is 0 Å². The van der Waals surface area contributed by atoms with Gasteiger partial charge in [-0.3, -0.25) is 4.57 Å². The van der Waals surface area contributed by atoms with E-state index < -0.39 is 0 Å². The molecule has 0 aliphatic rings. The monoisotopic (exact) mass is 219 g/mol. The Balaban J connectivity index is 2.58. The van der Waals surface area contributed by atoms with E-state index in [9.17, 15) is 4.39 Å². The van der Waals surface area contributed by atoms with Crippen LogP contribution in [-0.2, 0) is 0 Å². The van der Waals surface area contributed by atoms with Crippen molar-refractivity contribution < 1.29 is 4.39 Å². The lowest BCUT2D eigenvalue weighted by Crippen LogP contribution is -2.11. The van der Waals surface area contributed by atoms with Crippen molar-refractivity contribution in [1.29, 1.82) is 0 Å². The molecular weight excluding hydrogens is 205 g/mol. The maximum absolute atomic E-state index is 13.7. The van der Waals surface area contributed by atoms with Crippen LogP contribution in [0.2, 0.25) is 0 Å². The van der Waals surface area contributed by atoms with E-state index in [2.05, 4.69) is 4.98 Å². The summed E-state index contributed by atoms with van der Waals surface area (Å²) in [6, 6.07) is 4.79. The Hall–Kier alpha value is -1.68. The standard InChI is InChI=1S/C12H14FN3/c1-8-3-4-10(13)11(5-8)16-7-15-6-12(16)9(2)14/h3-7,9H,14H2,1-2H3. The zero-order valence-electron chi connectivity index (χ0n) is 9.31. The Bertz CT molecular complexity index is 503. The third kappa shape index (κ3) is 1.84. The summed E-state index contributed by atoms with van der Waals surface area (Å²) < 4.78 is 15.4. The quantitative estimate of drug-likeness (QED) is 0.842. The van der Waals surface area contributed by atoms with Gasteiger partial charge in [0.05, 0.1) is 23.9 Å². The molecule has 84 valence electrons. The normalized spacial score (nSPS) is 12.8. The molecule has 4 heteroatoms. The van der Waals surface area contributed by atoms with Crippen LogP contribution in [0, 0.1) is 12.7 Å². The van der Waals surface area contributed by atoms with Gasteiger partial charge in [-0.05, 0) is 31.5 Å². The van der Waals surface area contributed by atoms with Crippen LogP contribution in [0.15, 0.2) is 30.7 Å². The topological polar surface area (TPSA) is 43.8 Å². The molecule has 2 N–H and O–H groups in total. The van der Waals surface area contributed by atoms with Crippen LogP contribution in [0.3, 0.4) is 0 Å². The van der Waals surface area contributed by atoms with E-state index in [0.29, 0.717) is 5.69 Å². The molecule has 0 amide bonds. The fraction of sp³-hybridized carbons (Fsp3) is 0.250. The van der Waals surface area contributed by atoms with Gasteiger partial charge < -0.3 is 5.73 Å². The van der Waals surface area contributed by atoms with Crippen LogP contribution in [-0.4, -0.2) is 9.55 Å². The van der Waals surface area contributed by atoms with Crippen molar-refractivity contribution in [3.05, 3.63) is 47.8 Å². The second-order valence-electron chi connectivity index (χ2n) is 3.93. The van der Waals surface area contributed by atoms with E-state index in [0.717, 1.165) is 11.3 Å². The van der Waals surface area contributed by atoms with Gasteiger partial charge in [0.1, 0.15) is 5.82 Å². The average Bonchev–Trinajstić information content (AvgIpc) is 2.70. The lowest BCUT2D eigenvalue weighted by atomic mass is 10.2. The van der Waals surface area contributed by atoms with Gasteiger partial charge >= 0.3 is 0 Å². The lowest BCUT2D eigenvalue weighted by Gasteiger charge is -2.12. The van der Waals surface area contributed by atoms with Gasteiger partial charge in [0.25, 0.3) is 0 Å². The van der Waals surface area contributed by atoms with Crippen molar-refractivity contribution in [1.82, 2.24) is 9.55 Å². The summed E-state index contributed by atoms with van der Waals surface area (Å²) in [6.45, 7) is 3.77. The number of halogens is 1. The number of imidazole rings is 1. The minimum Gasteiger partial charge on any atom is -0.323 e. The summed E-state index contributed by atoms with van der Waals surface area (Å²) in [5.74, 6) is -0.273. The van der Waals surface area contributed by atoms with Gasteiger partial charge in [-0.2, -0.15) is 0 Å². The number of aryl methyl sites for hydroxylation is 1. The molecule has 1 unspecified atom stereocenters. The Morgan fingerprint density at radius 2 is 2.19 bits per heavy atom. The van der Waals surface area contributed by atoms with Gasteiger partial charge in [-0.15, -0.1) is 0 Å². The third-order valence-electron chi connectivity index (χ3n) is 2.49. The molecule has 0 saturated carbocycles. The van der Waals surface area contributed by atoms with E-state index >= 15 is 0 Å². The fourth-order valence-electron chi connectivity index (χ4n) is 1.65. The lowest BCUT2D eigenvalue weighted by molar-refractivity contribution is 0.612. The zero-order chi connectivity index (χ0) is 11.7. The number of hydrogen-bond donors (Lipinski definition) is 1. The van der Waals surface area contributed by atoms with Crippen LogP contribution in [0.25, 0.3) is 5.69 Å². The first-order valence-corrected chi connectivity index (χ1v) is 5.14. The van der Waals surface area contributed by atoms with Gasteiger partial charge in [-0.1, -0.05) is 6.07 Å². The van der Waals surface area contributed by atoms with Crippen LogP contribution < -0.4 is 5.73 Å². The van der Waals surface area contributed by atoms with Gasteiger partial charge in [-0.25, -0.2) is 9.37 Å². The van der Waals surface area contributed by atoms with E-state index in [1.807, 2.05) is 13.8 Å². The third-order valence-corrected chi connectivity index (χ3v) is 2.49. The molecule has 0 spiro atoms. The molecule has 0 saturated heterocycles. The molecule has 2 aromatic rings. The molecule has 1 aromatic carbocycles. The van der Waals surface area contributed by atoms with Crippen molar-refractivity contribution in [2.75, 3.05) is 0 Å². The molecule has 0 aliphatic heterocycles. The highest BCUT2D eigenvalue weighted by atomic mass is 19.1. The average molecular weight is 219 g/mol. The van der Waals surface area contributed by atoms with Gasteiger partial charge in [0.15, 0.2) is 0 Å². The summed E-state index contributed by atoms with van der Waals surface area (Å²) in [4.78, 5) is 4.01. The first kappa shape index (κ1) is 10.8. The van der Waals surface area contributed by atoms with Crippen molar-refractivity contribution >= 4 is 0 Å². The summed E-state index contributed by atoms with van der Waals surface area (Å²) in [5, 5.41) is 0. The van der Waals surface area contributed by atoms with Crippen molar-refractivity contribution in [2.24, 2.45) is 5.73 Å². The summed E-state index contributed by atoms with van der Waals surface area (Å²) in [5.41, 5.74) is 8.09. The molecule has 16 heavy (non-hydrogen) atoms. The van der Waals surface area contributed by atoms with E-state index in [1.165, 1.54) is 6.07 Å². The van der Waals surface area contributed by atoms with Gasteiger partial charge in [0.2, 0.25) is 0 Å². The molecule has 3 nitrogen and oxygen atoms in total. The van der Waals surface area contributed by atoms with Gasteiger partial charge in [0, 0.05) is 6.04 Å². The molecule has 2 rings (SSSR count). The number of rotatable bonds is 2. The Morgan fingerprint density at radius 1 is 1.44 bits per heavy atom. The molecular formula is C12H14FN3. The predicted octanol–water partition coefficient (Wildman–Crippen LogP) is 2.34. The molecule has 0 aliphatic carbocycles. The number of hydrogen-bond acceptors (Lipinski definition) is 2. The first-order valence-electron chi connectivity index (χ1n) is 5.14. The highest BCUT2D eigenvalue weighted by molar-refractivity contribution is 5.39. The molecule has 0 radical (unpaired) electrons. The predicted molar refractivity (Wildman–Crippen MR) is 60.9 cm³/mol. The van der Waals surface area contributed by atoms with Crippen LogP contribution >= 0.6 is 0 Å². The van der Waals surface area contributed by atoms with Crippen LogP contribution in [0.1, 0.15) is 24.2 Å². The minimum absolute atomic E-state index is 0.178. The van der Waals surface area contributed by atoms with E-state index in [1.54, 1.807) is 29.2 Å². The zero-order valence-corrected chi connectivity index (χ0v) is 9.31. The highest BCUT2D eigenvalue weighted by Gasteiger charge is 2.11. The Morgan fingerprint density at radius 3 is 2.88 bits per heavy atom. The summed E-state index contributed by atoms with van der Waals surface area (Å²) >= 11 is 0. The molecule has 0 bridgehead atoms. The largest absolute Gasteiger partial charge is 0.323 e. The summed E-state index contributed by atoms with van der Waals surface area (Å²) in [6.07, 6.45) is 3.24. The van der Waals surface area contributed by atoms with E-state index in [4.69, 9.17) is 5.73 Å². The molecule has 1 atom stereocenters. The maximum atomic E-state index is 13.7. The number of nitrogens with zero attached hydrogens (tertiary/aromatic N) is 2. The Labute approximate surface area is 93.7 Å². The SMILES string of the molecule is Cc1ccc(F)c(-n2cncc2C(C)N)c1. The summed E-state index contributed by atoms with van der Waals surface area (Å²) in [7, 11) is 0. The first-order chi connectivity index (χ1) is 7.59. The number of benzene rings is 1. The Kier molecular flexibility index (Phi) is 2.75. The van der Waals surface area contributed by atoms with Crippen LogP contribution in [0.4, 0.5) is 4.39 Å². The second kappa shape index (κ2) is 4.06.